The van der Waals surface area contributed by atoms with Crippen molar-refractivity contribution >= 4 is 6.03 Å². The van der Waals surface area contributed by atoms with Crippen LogP contribution in [-0.2, 0) is 4.74 Å². The van der Waals surface area contributed by atoms with Crippen molar-refractivity contribution in [2.24, 2.45) is 0 Å². The lowest BCUT2D eigenvalue weighted by Crippen LogP contribution is -2.47. The van der Waals surface area contributed by atoms with Crippen LogP contribution in [0.15, 0.2) is 24.3 Å². The zero-order valence-electron chi connectivity index (χ0n) is 14.0. The summed E-state index contributed by atoms with van der Waals surface area (Å²) >= 11 is 0. The Bertz CT molecular complexity index is 526. The van der Waals surface area contributed by atoms with Gasteiger partial charge in [-0.05, 0) is 50.3 Å². The van der Waals surface area contributed by atoms with Crippen molar-refractivity contribution in [3.8, 4) is 5.75 Å². The fraction of sp³-hybridized carbons (Fsp3) is 0.611. The molecule has 23 heavy (non-hydrogen) atoms. The second-order valence-electron chi connectivity index (χ2n) is 6.41. The second kappa shape index (κ2) is 7.21. The molecule has 0 aliphatic carbocycles. The Morgan fingerprint density at radius 2 is 2.09 bits per heavy atom. The van der Waals surface area contributed by atoms with Gasteiger partial charge in [0.15, 0.2) is 0 Å². The van der Waals surface area contributed by atoms with E-state index < -0.39 is 0 Å². The SMILES string of the molecule is COc1ccc([C@@H]2CCCN2C(=O)N[C@@H](C)[C@H]2CCCO2)cc1. The summed E-state index contributed by atoms with van der Waals surface area (Å²) in [4.78, 5) is 14.6. The molecular weight excluding hydrogens is 292 g/mol. The second-order valence-corrected chi connectivity index (χ2v) is 6.41. The fourth-order valence-electron chi connectivity index (χ4n) is 3.55. The number of carbonyl (C=O) groups is 1. The number of ether oxygens (including phenoxy) is 2. The Balaban J connectivity index is 1.64. The number of benzene rings is 1. The Morgan fingerprint density at radius 3 is 2.74 bits per heavy atom. The molecule has 2 aliphatic rings. The highest BCUT2D eigenvalue weighted by Gasteiger charge is 2.32. The van der Waals surface area contributed by atoms with Crippen molar-refractivity contribution < 1.29 is 14.3 Å². The largest absolute Gasteiger partial charge is 0.497 e. The highest BCUT2D eigenvalue weighted by atomic mass is 16.5. The normalized spacial score (nSPS) is 25.4. The molecule has 0 spiro atoms. The monoisotopic (exact) mass is 318 g/mol. The average molecular weight is 318 g/mol. The molecule has 5 heteroatoms. The average Bonchev–Trinajstić information content (AvgIpc) is 3.26. The molecule has 2 aliphatic heterocycles. The number of hydrogen-bond donors (Lipinski definition) is 1. The highest BCUT2D eigenvalue weighted by molar-refractivity contribution is 5.75. The quantitative estimate of drug-likeness (QED) is 0.928. The summed E-state index contributed by atoms with van der Waals surface area (Å²) < 4.78 is 10.9. The van der Waals surface area contributed by atoms with Gasteiger partial charge in [0.05, 0.1) is 25.3 Å². The van der Waals surface area contributed by atoms with Crippen LogP contribution in [0.3, 0.4) is 0 Å². The van der Waals surface area contributed by atoms with Crippen LogP contribution < -0.4 is 10.1 Å². The number of hydrogen-bond acceptors (Lipinski definition) is 3. The number of urea groups is 1. The van der Waals surface area contributed by atoms with Crippen molar-refractivity contribution in [2.45, 2.75) is 50.8 Å². The summed E-state index contributed by atoms with van der Waals surface area (Å²) in [7, 11) is 1.66. The van der Waals surface area contributed by atoms with E-state index in [9.17, 15) is 4.79 Å². The molecule has 3 rings (SSSR count). The molecule has 1 aromatic rings. The zero-order chi connectivity index (χ0) is 16.2. The van der Waals surface area contributed by atoms with Crippen LogP contribution in [0.25, 0.3) is 0 Å². The number of rotatable bonds is 4. The minimum Gasteiger partial charge on any atom is -0.497 e. The third-order valence-electron chi connectivity index (χ3n) is 4.89. The van der Waals surface area contributed by atoms with E-state index in [0.717, 1.165) is 44.6 Å². The van der Waals surface area contributed by atoms with E-state index in [1.807, 2.05) is 24.0 Å². The van der Waals surface area contributed by atoms with Crippen molar-refractivity contribution in [1.82, 2.24) is 10.2 Å². The van der Waals surface area contributed by atoms with Crippen molar-refractivity contribution in [1.29, 1.82) is 0 Å². The van der Waals surface area contributed by atoms with E-state index in [4.69, 9.17) is 9.47 Å². The molecule has 0 aromatic heterocycles. The van der Waals surface area contributed by atoms with Gasteiger partial charge >= 0.3 is 6.03 Å². The van der Waals surface area contributed by atoms with Gasteiger partial charge < -0.3 is 19.7 Å². The number of nitrogens with one attached hydrogen (secondary N) is 1. The summed E-state index contributed by atoms with van der Waals surface area (Å²) in [5.41, 5.74) is 1.17. The van der Waals surface area contributed by atoms with E-state index in [2.05, 4.69) is 17.4 Å². The number of methoxy groups -OCH3 is 1. The van der Waals surface area contributed by atoms with Crippen LogP contribution in [-0.4, -0.2) is 43.3 Å². The smallest absolute Gasteiger partial charge is 0.318 e. The minimum absolute atomic E-state index is 0.0197. The molecule has 5 nitrogen and oxygen atoms in total. The van der Waals surface area contributed by atoms with E-state index >= 15 is 0 Å². The van der Waals surface area contributed by atoms with Gasteiger partial charge in [-0.2, -0.15) is 0 Å². The van der Waals surface area contributed by atoms with E-state index in [1.165, 1.54) is 5.56 Å². The molecular formula is C18H26N2O3. The van der Waals surface area contributed by atoms with E-state index in [0.29, 0.717) is 0 Å². The number of amides is 2. The highest BCUT2D eigenvalue weighted by Crippen LogP contribution is 2.32. The van der Waals surface area contributed by atoms with Gasteiger partial charge in [0, 0.05) is 13.2 Å². The molecule has 2 amide bonds. The van der Waals surface area contributed by atoms with Crippen LogP contribution in [0.4, 0.5) is 4.79 Å². The first-order valence-electron chi connectivity index (χ1n) is 8.51. The molecule has 0 unspecified atom stereocenters. The first-order valence-corrected chi connectivity index (χ1v) is 8.51. The van der Waals surface area contributed by atoms with Crippen LogP contribution in [0.5, 0.6) is 5.75 Å². The van der Waals surface area contributed by atoms with Crippen LogP contribution >= 0.6 is 0 Å². The summed E-state index contributed by atoms with van der Waals surface area (Å²) in [5.74, 6) is 0.842. The lowest BCUT2D eigenvalue weighted by Gasteiger charge is -2.28. The summed E-state index contributed by atoms with van der Waals surface area (Å²) in [5, 5.41) is 3.12. The maximum absolute atomic E-state index is 12.7. The Morgan fingerprint density at radius 1 is 1.30 bits per heavy atom. The van der Waals surface area contributed by atoms with Gasteiger partial charge in [0.2, 0.25) is 0 Å². The molecule has 0 saturated carbocycles. The lowest BCUT2D eigenvalue weighted by molar-refractivity contribution is 0.0829. The number of nitrogens with zero attached hydrogens (tertiary/aromatic N) is 1. The zero-order valence-corrected chi connectivity index (χ0v) is 14.0. The Labute approximate surface area is 137 Å². The van der Waals surface area contributed by atoms with Gasteiger partial charge in [-0.3, -0.25) is 0 Å². The summed E-state index contributed by atoms with van der Waals surface area (Å²) in [6, 6.07) is 8.25. The first kappa shape index (κ1) is 16.1. The number of carbonyl (C=O) groups excluding carboxylic acids is 1. The maximum Gasteiger partial charge on any atom is 0.318 e. The predicted molar refractivity (Wildman–Crippen MR) is 88.6 cm³/mol. The van der Waals surface area contributed by atoms with E-state index in [-0.39, 0.29) is 24.2 Å². The van der Waals surface area contributed by atoms with Gasteiger partial charge in [-0.25, -0.2) is 4.79 Å². The Kier molecular flexibility index (Phi) is 5.06. The Hall–Kier alpha value is -1.75. The molecule has 126 valence electrons. The predicted octanol–water partition coefficient (Wildman–Crippen LogP) is 3.11. The van der Waals surface area contributed by atoms with Gasteiger partial charge in [-0.1, -0.05) is 12.1 Å². The van der Waals surface area contributed by atoms with Gasteiger partial charge in [-0.15, -0.1) is 0 Å². The van der Waals surface area contributed by atoms with E-state index in [1.54, 1.807) is 7.11 Å². The van der Waals surface area contributed by atoms with Crippen molar-refractivity contribution in [3.63, 3.8) is 0 Å². The van der Waals surface area contributed by atoms with Gasteiger partial charge in [0.25, 0.3) is 0 Å². The molecule has 1 N–H and O–H groups in total. The molecule has 0 radical (unpaired) electrons. The molecule has 3 atom stereocenters. The van der Waals surface area contributed by atoms with Crippen LogP contribution in [0, 0.1) is 0 Å². The first-order chi connectivity index (χ1) is 11.2. The summed E-state index contributed by atoms with van der Waals surface area (Å²) in [6.07, 6.45) is 4.32. The van der Waals surface area contributed by atoms with Crippen LogP contribution in [0.1, 0.15) is 44.2 Å². The molecule has 2 heterocycles. The van der Waals surface area contributed by atoms with Gasteiger partial charge in [0.1, 0.15) is 5.75 Å². The minimum atomic E-state index is 0.0197. The standard InChI is InChI=1S/C18H26N2O3/c1-13(17-6-4-12-23-17)19-18(21)20-11-3-5-16(20)14-7-9-15(22-2)10-8-14/h7-10,13,16-17H,3-6,11-12H2,1-2H3,(H,19,21)/t13-,16-,17+/m0/s1. The molecule has 1 aromatic carbocycles. The molecule has 0 bridgehead atoms. The third kappa shape index (κ3) is 3.61. The lowest BCUT2D eigenvalue weighted by atomic mass is 10.0. The fourth-order valence-corrected chi connectivity index (χ4v) is 3.55. The van der Waals surface area contributed by atoms with Crippen molar-refractivity contribution in [3.05, 3.63) is 29.8 Å². The number of likely N-dealkylation sites (tertiary alicyclic amines) is 1. The summed E-state index contributed by atoms with van der Waals surface area (Å²) in [6.45, 7) is 3.65. The maximum atomic E-state index is 12.7. The molecule has 2 saturated heterocycles. The molecule has 2 fully saturated rings. The third-order valence-corrected chi connectivity index (χ3v) is 4.89. The van der Waals surface area contributed by atoms with Crippen molar-refractivity contribution in [2.75, 3.05) is 20.3 Å². The topological polar surface area (TPSA) is 50.8 Å². The van der Waals surface area contributed by atoms with Crippen LogP contribution in [0.2, 0.25) is 0 Å².